The van der Waals surface area contributed by atoms with Gasteiger partial charge in [0, 0.05) is 12.1 Å². The molecule has 0 atom stereocenters. The van der Waals surface area contributed by atoms with Crippen molar-refractivity contribution in [2.24, 2.45) is 0 Å². The molecule has 1 aromatic heterocycles. The Balaban J connectivity index is 1.59. The molecule has 2 amide bonds. The summed E-state index contributed by atoms with van der Waals surface area (Å²) >= 11 is 1.29. The van der Waals surface area contributed by atoms with Crippen LogP contribution >= 0.6 is 11.3 Å². The van der Waals surface area contributed by atoms with E-state index in [4.69, 9.17) is 0 Å². The zero-order valence-corrected chi connectivity index (χ0v) is 14.7. The molecule has 0 radical (unpaired) electrons. The lowest BCUT2D eigenvalue weighted by molar-refractivity contribution is 0.262. The van der Waals surface area contributed by atoms with E-state index >= 15 is 0 Å². The number of aromatic nitrogens is 2. The van der Waals surface area contributed by atoms with Gasteiger partial charge in [-0.25, -0.2) is 9.18 Å². The third kappa shape index (κ3) is 4.60. The summed E-state index contributed by atoms with van der Waals surface area (Å²) in [4.78, 5) is 12.1. The number of nitrogens with zero attached hydrogens (tertiary/aromatic N) is 2. The van der Waals surface area contributed by atoms with E-state index in [1.54, 1.807) is 12.1 Å². The number of nitrogens with one attached hydrogen (secondary N) is 2. The van der Waals surface area contributed by atoms with E-state index in [9.17, 15) is 9.18 Å². The molecule has 0 saturated heterocycles. The number of urea groups is 1. The van der Waals surface area contributed by atoms with E-state index in [0.717, 1.165) is 21.8 Å². The molecule has 0 aliphatic carbocycles. The second-order valence-corrected chi connectivity index (χ2v) is 6.74. The molecule has 0 aliphatic rings. The van der Waals surface area contributed by atoms with Gasteiger partial charge in [-0.15, -0.1) is 10.2 Å². The predicted molar refractivity (Wildman–Crippen MR) is 97.7 cm³/mol. The van der Waals surface area contributed by atoms with E-state index < -0.39 is 0 Å². The molecule has 25 heavy (non-hydrogen) atoms. The SMILES string of the molecule is Cc1ccc(NC(=O)Nc2nnc(Cc3ccc(F)cc3)s2)cc1C. The Morgan fingerprint density at radius 2 is 1.80 bits per heavy atom. The van der Waals surface area contributed by atoms with E-state index in [-0.39, 0.29) is 11.8 Å². The summed E-state index contributed by atoms with van der Waals surface area (Å²) in [5.74, 6) is -0.272. The number of amides is 2. The highest BCUT2D eigenvalue weighted by Crippen LogP contribution is 2.19. The molecule has 0 unspecified atom stereocenters. The molecule has 7 heteroatoms. The highest BCUT2D eigenvalue weighted by molar-refractivity contribution is 7.15. The van der Waals surface area contributed by atoms with Gasteiger partial charge in [0.05, 0.1) is 0 Å². The Morgan fingerprint density at radius 1 is 1.04 bits per heavy atom. The van der Waals surface area contributed by atoms with Crippen molar-refractivity contribution in [3.63, 3.8) is 0 Å². The van der Waals surface area contributed by atoms with Gasteiger partial charge in [0.2, 0.25) is 5.13 Å². The van der Waals surface area contributed by atoms with Gasteiger partial charge in [0.25, 0.3) is 0 Å². The van der Waals surface area contributed by atoms with Gasteiger partial charge in [-0.05, 0) is 54.8 Å². The van der Waals surface area contributed by atoms with Crippen LogP contribution in [0.4, 0.5) is 20.0 Å². The second-order valence-electron chi connectivity index (χ2n) is 5.68. The molecular formula is C18H17FN4OS. The lowest BCUT2D eigenvalue weighted by atomic mass is 10.1. The summed E-state index contributed by atoms with van der Waals surface area (Å²) < 4.78 is 12.9. The Hall–Kier alpha value is -2.80. The fourth-order valence-corrected chi connectivity index (χ4v) is 3.00. The Labute approximate surface area is 148 Å². The molecule has 1 heterocycles. The molecule has 0 saturated carbocycles. The average molecular weight is 356 g/mol. The number of aryl methyl sites for hydroxylation is 2. The topological polar surface area (TPSA) is 66.9 Å². The van der Waals surface area contributed by atoms with Crippen molar-refractivity contribution >= 4 is 28.2 Å². The lowest BCUT2D eigenvalue weighted by Crippen LogP contribution is -2.19. The van der Waals surface area contributed by atoms with Gasteiger partial charge in [0.15, 0.2) is 0 Å². The quantitative estimate of drug-likeness (QED) is 0.722. The third-order valence-corrected chi connectivity index (χ3v) is 4.56. The fourth-order valence-electron chi connectivity index (χ4n) is 2.23. The minimum atomic E-state index is -0.368. The van der Waals surface area contributed by atoms with Crippen LogP contribution in [0.2, 0.25) is 0 Å². The molecular weight excluding hydrogens is 339 g/mol. The van der Waals surface area contributed by atoms with E-state index in [0.29, 0.717) is 11.6 Å². The van der Waals surface area contributed by atoms with Crippen molar-refractivity contribution in [3.8, 4) is 0 Å². The van der Waals surface area contributed by atoms with E-state index in [1.165, 1.54) is 29.0 Å². The molecule has 3 rings (SSSR count). The van der Waals surface area contributed by atoms with Crippen molar-refractivity contribution in [1.82, 2.24) is 10.2 Å². The van der Waals surface area contributed by atoms with Gasteiger partial charge >= 0.3 is 6.03 Å². The third-order valence-electron chi connectivity index (χ3n) is 3.72. The maximum atomic E-state index is 12.9. The number of hydrogen-bond acceptors (Lipinski definition) is 4. The van der Waals surface area contributed by atoms with Crippen molar-refractivity contribution in [1.29, 1.82) is 0 Å². The van der Waals surface area contributed by atoms with Crippen LogP contribution in [0.15, 0.2) is 42.5 Å². The standard InChI is InChI=1S/C18H17FN4OS/c1-11-3-8-15(9-12(11)2)20-17(24)21-18-23-22-16(25-18)10-13-4-6-14(19)7-5-13/h3-9H,10H2,1-2H3,(H2,20,21,23,24). The van der Waals surface area contributed by atoms with Crippen molar-refractivity contribution in [2.75, 3.05) is 10.6 Å². The fraction of sp³-hybridized carbons (Fsp3) is 0.167. The molecule has 0 aliphatic heterocycles. The average Bonchev–Trinajstić information content (AvgIpc) is 3.00. The van der Waals surface area contributed by atoms with Crippen LogP contribution < -0.4 is 10.6 Å². The van der Waals surface area contributed by atoms with Crippen LogP contribution in [0.1, 0.15) is 21.7 Å². The summed E-state index contributed by atoms with van der Waals surface area (Å²) in [5.41, 5.74) is 3.93. The summed E-state index contributed by atoms with van der Waals surface area (Å²) in [7, 11) is 0. The van der Waals surface area contributed by atoms with Gasteiger partial charge < -0.3 is 5.32 Å². The molecule has 128 valence electrons. The second kappa shape index (κ2) is 7.40. The van der Waals surface area contributed by atoms with Crippen LogP contribution in [0, 0.1) is 19.7 Å². The van der Waals surface area contributed by atoms with Crippen molar-refractivity contribution < 1.29 is 9.18 Å². The minimum Gasteiger partial charge on any atom is -0.308 e. The summed E-state index contributed by atoms with van der Waals surface area (Å²) in [5, 5.41) is 14.6. The van der Waals surface area contributed by atoms with Crippen LogP contribution in [-0.2, 0) is 6.42 Å². The number of rotatable bonds is 4. The first-order valence-corrected chi connectivity index (χ1v) is 8.53. The van der Waals surface area contributed by atoms with Gasteiger partial charge in [-0.2, -0.15) is 0 Å². The molecule has 0 spiro atoms. The van der Waals surface area contributed by atoms with Gasteiger partial charge in [-0.1, -0.05) is 29.5 Å². The maximum Gasteiger partial charge on any atom is 0.325 e. The zero-order chi connectivity index (χ0) is 17.8. The highest BCUT2D eigenvalue weighted by Gasteiger charge is 2.09. The van der Waals surface area contributed by atoms with Crippen molar-refractivity contribution in [2.45, 2.75) is 20.3 Å². The van der Waals surface area contributed by atoms with Crippen LogP contribution in [-0.4, -0.2) is 16.2 Å². The normalized spacial score (nSPS) is 10.5. The maximum absolute atomic E-state index is 12.9. The number of halogens is 1. The summed E-state index contributed by atoms with van der Waals surface area (Å²) in [6, 6.07) is 11.6. The number of benzene rings is 2. The van der Waals surface area contributed by atoms with Crippen LogP contribution in [0.25, 0.3) is 0 Å². The Morgan fingerprint density at radius 3 is 2.52 bits per heavy atom. The highest BCUT2D eigenvalue weighted by atomic mass is 32.1. The molecule has 0 bridgehead atoms. The molecule has 3 aromatic rings. The first-order valence-electron chi connectivity index (χ1n) is 7.72. The molecule has 2 N–H and O–H groups in total. The van der Waals surface area contributed by atoms with Crippen LogP contribution in [0.5, 0.6) is 0 Å². The van der Waals surface area contributed by atoms with E-state index in [2.05, 4.69) is 20.8 Å². The Kier molecular flexibility index (Phi) is 5.04. The molecule has 2 aromatic carbocycles. The number of hydrogen-bond donors (Lipinski definition) is 2. The van der Waals surface area contributed by atoms with Crippen LogP contribution in [0.3, 0.4) is 0 Å². The van der Waals surface area contributed by atoms with Gasteiger partial charge in [-0.3, -0.25) is 5.32 Å². The largest absolute Gasteiger partial charge is 0.325 e. The molecule has 5 nitrogen and oxygen atoms in total. The first kappa shape index (κ1) is 17.0. The van der Waals surface area contributed by atoms with Gasteiger partial charge in [0.1, 0.15) is 10.8 Å². The monoisotopic (exact) mass is 356 g/mol. The first-order chi connectivity index (χ1) is 12.0. The predicted octanol–water partition coefficient (Wildman–Crippen LogP) is 4.53. The number of carbonyl (C=O) groups is 1. The smallest absolute Gasteiger partial charge is 0.308 e. The molecule has 0 fully saturated rings. The summed E-state index contributed by atoms with van der Waals surface area (Å²) in [6.45, 7) is 4.01. The number of carbonyl (C=O) groups excluding carboxylic acids is 1. The number of anilines is 2. The lowest BCUT2D eigenvalue weighted by Gasteiger charge is -2.07. The minimum absolute atomic E-state index is 0.272. The Bertz CT molecular complexity index is 892. The zero-order valence-electron chi connectivity index (χ0n) is 13.8. The van der Waals surface area contributed by atoms with E-state index in [1.807, 2.05) is 32.0 Å². The van der Waals surface area contributed by atoms with Crippen molar-refractivity contribution in [3.05, 3.63) is 70.0 Å². The summed E-state index contributed by atoms with van der Waals surface area (Å²) in [6.07, 6.45) is 0.540.